The van der Waals surface area contributed by atoms with E-state index in [2.05, 4.69) is 62.5 Å². The summed E-state index contributed by atoms with van der Waals surface area (Å²) in [6, 6.07) is 9.58. The van der Waals surface area contributed by atoms with Gasteiger partial charge in [-0.15, -0.1) is 0 Å². The molecule has 0 aromatic heterocycles. The Morgan fingerprint density at radius 2 is 2.00 bits per heavy atom. The van der Waals surface area contributed by atoms with Crippen LogP contribution in [0.15, 0.2) is 30.3 Å². The zero-order valence-electron chi connectivity index (χ0n) is 13.2. The van der Waals surface area contributed by atoms with E-state index in [0.717, 1.165) is 11.8 Å². The lowest BCUT2D eigenvalue weighted by molar-refractivity contribution is 0.326. The molecular weight excluding hydrogens is 242 g/mol. The molecule has 1 saturated heterocycles. The van der Waals surface area contributed by atoms with Crippen LogP contribution in [0.3, 0.4) is 0 Å². The molecule has 1 heteroatoms. The number of nitrogens with one attached hydrogen (secondary N) is 1. The fraction of sp³-hybridized carbons (Fsp3) is 0.579. The van der Waals surface area contributed by atoms with Crippen LogP contribution in [-0.2, 0) is 6.42 Å². The number of benzene rings is 1. The van der Waals surface area contributed by atoms with Crippen molar-refractivity contribution in [3.63, 3.8) is 0 Å². The third-order valence-electron chi connectivity index (χ3n) is 4.27. The number of hydrogen-bond acceptors (Lipinski definition) is 1. The SMILES string of the molecule is CCC1CCNC(/C=C/c2ccc(CC(C)C)cc2)C1. The highest BCUT2D eigenvalue weighted by Crippen LogP contribution is 2.20. The van der Waals surface area contributed by atoms with Crippen molar-refractivity contribution in [2.75, 3.05) is 6.54 Å². The smallest absolute Gasteiger partial charge is 0.0255 e. The first kappa shape index (κ1) is 15.3. The van der Waals surface area contributed by atoms with Crippen LogP contribution < -0.4 is 5.32 Å². The van der Waals surface area contributed by atoms with Crippen LogP contribution in [0.2, 0.25) is 0 Å². The minimum atomic E-state index is 0.559. The highest BCUT2D eigenvalue weighted by atomic mass is 14.9. The monoisotopic (exact) mass is 271 g/mol. The summed E-state index contributed by atoms with van der Waals surface area (Å²) in [5, 5.41) is 3.60. The van der Waals surface area contributed by atoms with E-state index in [9.17, 15) is 0 Å². The van der Waals surface area contributed by atoms with Crippen LogP contribution in [-0.4, -0.2) is 12.6 Å². The second-order valence-corrected chi connectivity index (χ2v) is 6.56. The van der Waals surface area contributed by atoms with Gasteiger partial charge >= 0.3 is 0 Å². The molecule has 0 amide bonds. The van der Waals surface area contributed by atoms with Crippen LogP contribution in [0.4, 0.5) is 0 Å². The van der Waals surface area contributed by atoms with Crippen LogP contribution in [0.25, 0.3) is 6.08 Å². The predicted octanol–water partition coefficient (Wildman–Crippen LogP) is 4.68. The molecule has 2 atom stereocenters. The zero-order chi connectivity index (χ0) is 14.4. The van der Waals surface area contributed by atoms with E-state index in [1.807, 2.05) is 0 Å². The lowest BCUT2D eigenvalue weighted by Crippen LogP contribution is -2.36. The van der Waals surface area contributed by atoms with E-state index >= 15 is 0 Å². The topological polar surface area (TPSA) is 12.0 Å². The van der Waals surface area contributed by atoms with E-state index in [1.165, 1.54) is 43.4 Å². The molecule has 0 aliphatic carbocycles. The van der Waals surface area contributed by atoms with Gasteiger partial charge in [0.1, 0.15) is 0 Å². The Morgan fingerprint density at radius 3 is 2.65 bits per heavy atom. The van der Waals surface area contributed by atoms with Crippen molar-refractivity contribution >= 4 is 6.08 Å². The van der Waals surface area contributed by atoms with Crippen molar-refractivity contribution in [2.24, 2.45) is 11.8 Å². The van der Waals surface area contributed by atoms with E-state index in [0.29, 0.717) is 6.04 Å². The highest BCUT2D eigenvalue weighted by molar-refractivity contribution is 5.50. The minimum absolute atomic E-state index is 0.559. The van der Waals surface area contributed by atoms with Crippen molar-refractivity contribution < 1.29 is 0 Å². The largest absolute Gasteiger partial charge is 0.310 e. The molecule has 2 unspecified atom stereocenters. The first-order chi connectivity index (χ1) is 9.67. The first-order valence-corrected chi connectivity index (χ1v) is 8.18. The number of piperidine rings is 1. The summed E-state index contributed by atoms with van der Waals surface area (Å²) in [6.07, 6.45) is 9.74. The van der Waals surface area contributed by atoms with Crippen molar-refractivity contribution in [2.45, 2.75) is 52.5 Å². The maximum atomic E-state index is 3.60. The summed E-state index contributed by atoms with van der Waals surface area (Å²) in [5.74, 6) is 1.63. The van der Waals surface area contributed by atoms with Gasteiger partial charge in [-0.1, -0.05) is 63.6 Å². The fourth-order valence-corrected chi connectivity index (χ4v) is 3.01. The van der Waals surface area contributed by atoms with Crippen molar-refractivity contribution in [3.05, 3.63) is 41.5 Å². The minimum Gasteiger partial charge on any atom is -0.310 e. The molecule has 1 aromatic rings. The van der Waals surface area contributed by atoms with Crippen LogP contribution in [0, 0.1) is 11.8 Å². The third kappa shape index (κ3) is 4.79. The van der Waals surface area contributed by atoms with Crippen molar-refractivity contribution in [3.8, 4) is 0 Å². The van der Waals surface area contributed by atoms with Gasteiger partial charge < -0.3 is 5.32 Å². The average Bonchev–Trinajstić information content (AvgIpc) is 2.46. The Morgan fingerprint density at radius 1 is 1.25 bits per heavy atom. The van der Waals surface area contributed by atoms with Crippen LogP contribution in [0.1, 0.15) is 51.2 Å². The quantitative estimate of drug-likeness (QED) is 0.820. The van der Waals surface area contributed by atoms with Gasteiger partial charge in [0.15, 0.2) is 0 Å². The molecule has 0 radical (unpaired) electrons. The van der Waals surface area contributed by atoms with Gasteiger partial charge in [-0.25, -0.2) is 0 Å². The lowest BCUT2D eigenvalue weighted by atomic mass is 9.90. The van der Waals surface area contributed by atoms with Gasteiger partial charge in [0, 0.05) is 6.04 Å². The number of rotatable bonds is 5. The normalized spacial score (nSPS) is 23.6. The van der Waals surface area contributed by atoms with Crippen LogP contribution >= 0.6 is 0 Å². The summed E-state index contributed by atoms with van der Waals surface area (Å²) in [7, 11) is 0. The van der Waals surface area contributed by atoms with E-state index in [4.69, 9.17) is 0 Å². The number of hydrogen-bond donors (Lipinski definition) is 1. The maximum Gasteiger partial charge on any atom is 0.0255 e. The Hall–Kier alpha value is -1.08. The van der Waals surface area contributed by atoms with Gasteiger partial charge in [-0.05, 0) is 48.8 Å². The van der Waals surface area contributed by atoms with E-state index in [1.54, 1.807) is 0 Å². The summed E-state index contributed by atoms with van der Waals surface area (Å²) < 4.78 is 0. The third-order valence-corrected chi connectivity index (χ3v) is 4.27. The van der Waals surface area contributed by atoms with Gasteiger partial charge in [0.2, 0.25) is 0 Å². The molecule has 1 nitrogen and oxygen atoms in total. The molecule has 2 rings (SSSR count). The van der Waals surface area contributed by atoms with Crippen molar-refractivity contribution in [1.82, 2.24) is 5.32 Å². The molecular formula is C19H29N. The molecule has 1 aliphatic heterocycles. The molecule has 0 saturated carbocycles. The van der Waals surface area contributed by atoms with Gasteiger partial charge in [-0.2, -0.15) is 0 Å². The average molecular weight is 271 g/mol. The predicted molar refractivity (Wildman–Crippen MR) is 88.8 cm³/mol. The maximum absolute atomic E-state index is 3.60. The molecule has 110 valence electrons. The fourth-order valence-electron chi connectivity index (χ4n) is 3.01. The summed E-state index contributed by atoms with van der Waals surface area (Å²) in [5.41, 5.74) is 2.76. The first-order valence-electron chi connectivity index (χ1n) is 8.18. The molecule has 1 fully saturated rings. The van der Waals surface area contributed by atoms with E-state index < -0.39 is 0 Å². The zero-order valence-corrected chi connectivity index (χ0v) is 13.2. The second-order valence-electron chi connectivity index (χ2n) is 6.56. The Bertz CT molecular complexity index is 416. The Labute approximate surface area is 124 Å². The summed E-state index contributed by atoms with van der Waals surface area (Å²) in [6.45, 7) is 8.02. The second kappa shape index (κ2) is 7.64. The lowest BCUT2D eigenvalue weighted by Gasteiger charge is -2.27. The van der Waals surface area contributed by atoms with Gasteiger partial charge in [0.25, 0.3) is 0 Å². The molecule has 1 aliphatic rings. The Kier molecular flexibility index (Phi) is 5.85. The molecule has 1 N–H and O–H groups in total. The molecule has 0 bridgehead atoms. The van der Waals surface area contributed by atoms with Crippen LogP contribution in [0.5, 0.6) is 0 Å². The van der Waals surface area contributed by atoms with E-state index in [-0.39, 0.29) is 0 Å². The highest BCUT2D eigenvalue weighted by Gasteiger charge is 2.17. The Balaban J connectivity index is 1.90. The van der Waals surface area contributed by atoms with Gasteiger partial charge in [0.05, 0.1) is 0 Å². The summed E-state index contributed by atoms with van der Waals surface area (Å²) >= 11 is 0. The molecule has 0 spiro atoms. The van der Waals surface area contributed by atoms with Gasteiger partial charge in [-0.3, -0.25) is 0 Å². The molecule has 1 aromatic carbocycles. The molecule has 1 heterocycles. The summed E-state index contributed by atoms with van der Waals surface area (Å²) in [4.78, 5) is 0. The van der Waals surface area contributed by atoms with Crippen molar-refractivity contribution in [1.29, 1.82) is 0 Å². The standard InChI is InChI=1S/C19H29N/c1-4-16-11-12-20-19(14-16)10-9-17-5-7-18(8-6-17)13-15(2)3/h5-10,15-16,19-20H,4,11-14H2,1-3H3/b10-9+. The molecule has 20 heavy (non-hydrogen) atoms.